The smallest absolute Gasteiger partial charge is 0.232 e. The van der Waals surface area contributed by atoms with E-state index in [4.69, 9.17) is 9.15 Å². The average Bonchev–Trinajstić information content (AvgIpc) is 2.79. The Balaban J connectivity index is 2.64. The second-order valence-corrected chi connectivity index (χ2v) is 5.30. The van der Waals surface area contributed by atoms with E-state index in [2.05, 4.69) is 15.9 Å². The van der Waals surface area contributed by atoms with Crippen molar-refractivity contribution in [3.8, 4) is 5.75 Å². The number of ether oxygens (including phenoxy) is 1. The fourth-order valence-electron chi connectivity index (χ4n) is 2.07. The first-order valence-corrected chi connectivity index (χ1v) is 6.69. The average molecular weight is 323 g/mol. The molecule has 3 nitrogen and oxygen atoms in total. The van der Waals surface area contributed by atoms with Gasteiger partial charge in [0.2, 0.25) is 5.78 Å². The number of aryl methyl sites for hydroxylation is 2. The van der Waals surface area contributed by atoms with Crippen molar-refractivity contribution >= 4 is 21.7 Å². The number of rotatable bonds is 3. The molecule has 0 aliphatic carbocycles. The standard InChI is InChI=1S/C15H15BrO3/c1-8-7-11(16)10(3)13(15(8)18-4)14(17)12-6-5-9(2)19-12/h5-7H,1-4H3. The van der Waals surface area contributed by atoms with E-state index in [-0.39, 0.29) is 5.78 Å². The molecule has 0 saturated carbocycles. The van der Waals surface area contributed by atoms with Crippen LogP contribution in [0.25, 0.3) is 0 Å². The Bertz CT molecular complexity index is 641. The molecule has 0 radical (unpaired) electrons. The molecule has 0 atom stereocenters. The van der Waals surface area contributed by atoms with Gasteiger partial charge in [0.05, 0.1) is 12.7 Å². The number of benzene rings is 1. The van der Waals surface area contributed by atoms with Crippen molar-refractivity contribution < 1.29 is 13.9 Å². The summed E-state index contributed by atoms with van der Waals surface area (Å²) in [6.07, 6.45) is 0. The first-order valence-electron chi connectivity index (χ1n) is 5.90. The minimum absolute atomic E-state index is 0.160. The van der Waals surface area contributed by atoms with E-state index < -0.39 is 0 Å². The quantitative estimate of drug-likeness (QED) is 0.795. The van der Waals surface area contributed by atoms with Gasteiger partial charge in [0.15, 0.2) is 5.76 Å². The Hall–Kier alpha value is -1.55. The van der Waals surface area contributed by atoms with Gasteiger partial charge in [0, 0.05) is 4.47 Å². The zero-order chi connectivity index (χ0) is 14.2. The van der Waals surface area contributed by atoms with E-state index in [1.165, 1.54) is 0 Å². The first kappa shape index (κ1) is 13.9. The molecule has 0 unspecified atom stereocenters. The molecule has 2 aromatic rings. The fraction of sp³-hybridized carbons (Fsp3) is 0.267. The monoisotopic (exact) mass is 322 g/mol. The molecule has 1 aromatic heterocycles. The Labute approximate surface area is 120 Å². The lowest BCUT2D eigenvalue weighted by atomic mass is 9.99. The Morgan fingerprint density at radius 3 is 2.47 bits per heavy atom. The van der Waals surface area contributed by atoms with Crippen LogP contribution in [0.15, 0.2) is 27.1 Å². The maximum absolute atomic E-state index is 12.6. The lowest BCUT2D eigenvalue weighted by Crippen LogP contribution is -2.07. The highest BCUT2D eigenvalue weighted by Crippen LogP contribution is 2.34. The van der Waals surface area contributed by atoms with Gasteiger partial charge < -0.3 is 9.15 Å². The number of halogens is 1. The molecule has 2 rings (SSSR count). The molecule has 0 saturated heterocycles. The summed E-state index contributed by atoms with van der Waals surface area (Å²) in [4.78, 5) is 12.6. The van der Waals surface area contributed by atoms with Crippen LogP contribution in [0.2, 0.25) is 0 Å². The first-order chi connectivity index (χ1) is 8.95. The predicted molar refractivity (Wildman–Crippen MR) is 77.0 cm³/mol. The summed E-state index contributed by atoms with van der Waals surface area (Å²) < 4.78 is 11.7. The molecule has 4 heteroatoms. The van der Waals surface area contributed by atoms with Gasteiger partial charge in [-0.15, -0.1) is 0 Å². The van der Waals surface area contributed by atoms with E-state index in [1.807, 2.05) is 26.8 Å². The number of methoxy groups -OCH3 is 1. The van der Waals surface area contributed by atoms with Crippen LogP contribution < -0.4 is 4.74 Å². The summed E-state index contributed by atoms with van der Waals surface area (Å²) in [5.74, 6) is 1.48. The lowest BCUT2D eigenvalue weighted by Gasteiger charge is -2.14. The van der Waals surface area contributed by atoms with Gasteiger partial charge in [-0.1, -0.05) is 15.9 Å². The molecule has 100 valence electrons. The van der Waals surface area contributed by atoms with Gasteiger partial charge in [-0.05, 0) is 50.1 Å². The summed E-state index contributed by atoms with van der Waals surface area (Å²) in [7, 11) is 1.57. The van der Waals surface area contributed by atoms with Crippen LogP contribution in [0, 0.1) is 20.8 Å². The van der Waals surface area contributed by atoms with Gasteiger partial charge in [-0.2, -0.15) is 0 Å². The number of carbonyl (C=O) groups is 1. The summed E-state index contributed by atoms with van der Waals surface area (Å²) in [6.45, 7) is 5.61. The second-order valence-electron chi connectivity index (χ2n) is 4.45. The molecule has 0 aliphatic heterocycles. The molecule has 1 heterocycles. The van der Waals surface area contributed by atoms with Crippen molar-refractivity contribution in [3.05, 3.63) is 50.9 Å². The van der Waals surface area contributed by atoms with E-state index >= 15 is 0 Å². The fourth-order valence-corrected chi connectivity index (χ4v) is 2.61. The summed E-state index contributed by atoms with van der Waals surface area (Å²) in [5, 5.41) is 0. The van der Waals surface area contributed by atoms with Gasteiger partial charge >= 0.3 is 0 Å². The van der Waals surface area contributed by atoms with Gasteiger partial charge in [0.25, 0.3) is 0 Å². The van der Waals surface area contributed by atoms with Crippen molar-refractivity contribution in [1.29, 1.82) is 0 Å². The highest BCUT2D eigenvalue weighted by Gasteiger charge is 2.23. The third-order valence-corrected chi connectivity index (χ3v) is 3.88. The summed E-state index contributed by atoms with van der Waals surface area (Å²) in [5.41, 5.74) is 2.30. The summed E-state index contributed by atoms with van der Waals surface area (Å²) in [6, 6.07) is 5.41. The molecule has 1 aromatic carbocycles. The van der Waals surface area contributed by atoms with Crippen molar-refractivity contribution in [2.75, 3.05) is 7.11 Å². The van der Waals surface area contributed by atoms with Gasteiger partial charge in [-0.25, -0.2) is 0 Å². The Morgan fingerprint density at radius 1 is 1.26 bits per heavy atom. The third-order valence-electron chi connectivity index (χ3n) is 3.06. The normalized spacial score (nSPS) is 10.6. The maximum Gasteiger partial charge on any atom is 0.232 e. The van der Waals surface area contributed by atoms with Crippen LogP contribution in [-0.4, -0.2) is 12.9 Å². The largest absolute Gasteiger partial charge is 0.496 e. The van der Waals surface area contributed by atoms with E-state index in [9.17, 15) is 4.79 Å². The minimum atomic E-state index is -0.160. The molecule has 0 fully saturated rings. The van der Waals surface area contributed by atoms with Crippen LogP contribution in [-0.2, 0) is 0 Å². The van der Waals surface area contributed by atoms with Crippen LogP contribution in [0.4, 0.5) is 0 Å². The molecule has 0 bridgehead atoms. The van der Waals surface area contributed by atoms with Crippen LogP contribution in [0.5, 0.6) is 5.75 Å². The highest BCUT2D eigenvalue weighted by atomic mass is 79.9. The number of ketones is 1. The molecular formula is C15H15BrO3. The molecular weight excluding hydrogens is 308 g/mol. The number of carbonyl (C=O) groups excluding carboxylic acids is 1. The SMILES string of the molecule is COc1c(C)cc(Br)c(C)c1C(=O)c1ccc(C)o1. The zero-order valence-corrected chi connectivity index (χ0v) is 12.9. The van der Waals surface area contributed by atoms with Crippen molar-refractivity contribution in [2.45, 2.75) is 20.8 Å². The van der Waals surface area contributed by atoms with Gasteiger partial charge in [-0.3, -0.25) is 4.79 Å². The van der Waals surface area contributed by atoms with Crippen molar-refractivity contribution in [3.63, 3.8) is 0 Å². The number of hydrogen-bond acceptors (Lipinski definition) is 3. The van der Waals surface area contributed by atoms with Gasteiger partial charge in [0.1, 0.15) is 11.5 Å². The summed E-state index contributed by atoms with van der Waals surface area (Å²) >= 11 is 3.47. The van der Waals surface area contributed by atoms with Crippen molar-refractivity contribution in [1.82, 2.24) is 0 Å². The Kier molecular flexibility index (Phi) is 3.80. The second kappa shape index (κ2) is 5.21. The van der Waals surface area contributed by atoms with Crippen LogP contribution >= 0.6 is 15.9 Å². The van der Waals surface area contributed by atoms with E-state index in [0.29, 0.717) is 22.8 Å². The lowest BCUT2D eigenvalue weighted by molar-refractivity contribution is 0.100. The highest BCUT2D eigenvalue weighted by molar-refractivity contribution is 9.10. The number of furan rings is 1. The zero-order valence-electron chi connectivity index (χ0n) is 11.3. The molecule has 0 N–H and O–H groups in total. The molecule has 0 amide bonds. The molecule has 0 aliphatic rings. The maximum atomic E-state index is 12.6. The van der Waals surface area contributed by atoms with Crippen LogP contribution in [0.3, 0.4) is 0 Å². The molecule has 0 spiro atoms. The third kappa shape index (κ3) is 2.45. The van der Waals surface area contributed by atoms with E-state index in [1.54, 1.807) is 19.2 Å². The van der Waals surface area contributed by atoms with Crippen LogP contribution in [0.1, 0.15) is 33.0 Å². The topological polar surface area (TPSA) is 39.4 Å². The molecule has 19 heavy (non-hydrogen) atoms. The predicted octanol–water partition coefficient (Wildman–Crippen LogP) is 4.21. The van der Waals surface area contributed by atoms with E-state index in [0.717, 1.165) is 15.6 Å². The Morgan fingerprint density at radius 2 is 1.95 bits per heavy atom. The minimum Gasteiger partial charge on any atom is -0.496 e. The van der Waals surface area contributed by atoms with Crippen molar-refractivity contribution in [2.24, 2.45) is 0 Å². The number of hydrogen-bond donors (Lipinski definition) is 0.